The number of alkyl halides is 3. The highest BCUT2D eigenvalue weighted by atomic mass is 32.2. The number of thioether (sulfide) groups is 1. The third-order valence-electron chi connectivity index (χ3n) is 3.07. The molecule has 2 aromatic heterocycles. The summed E-state index contributed by atoms with van der Waals surface area (Å²) < 4.78 is 44.9. The van der Waals surface area contributed by atoms with Crippen molar-refractivity contribution in [3.63, 3.8) is 0 Å². The van der Waals surface area contributed by atoms with E-state index >= 15 is 0 Å². The maximum Gasteiger partial charge on any atom is 0.406 e. The van der Waals surface area contributed by atoms with Crippen LogP contribution in [0.3, 0.4) is 0 Å². The van der Waals surface area contributed by atoms with Crippen LogP contribution >= 0.6 is 11.8 Å². The van der Waals surface area contributed by atoms with E-state index < -0.39 is 18.6 Å². The molecule has 0 aliphatic heterocycles. The largest absolute Gasteiger partial charge is 0.467 e. The van der Waals surface area contributed by atoms with E-state index in [1.165, 1.54) is 18.7 Å². The van der Waals surface area contributed by atoms with E-state index in [4.69, 9.17) is 4.42 Å². The third-order valence-corrected chi connectivity index (χ3v) is 4.01. The lowest BCUT2D eigenvalue weighted by atomic mass is 10.3. The lowest BCUT2D eigenvalue weighted by Crippen LogP contribution is -2.39. The Labute approximate surface area is 141 Å². The van der Waals surface area contributed by atoms with Crippen LogP contribution in [0.15, 0.2) is 34.3 Å². The average Bonchev–Trinajstić information content (AvgIpc) is 3.13. The first-order valence-electron chi connectivity index (χ1n) is 7.15. The smallest absolute Gasteiger partial charge is 0.406 e. The Bertz CT molecular complexity index is 655. The van der Waals surface area contributed by atoms with E-state index in [0.29, 0.717) is 10.9 Å². The maximum absolute atomic E-state index is 12.7. The number of halogens is 3. The number of amides is 1. The molecule has 2 heterocycles. The van der Waals surface area contributed by atoms with Crippen LogP contribution in [-0.4, -0.2) is 44.0 Å². The van der Waals surface area contributed by atoms with Crippen molar-refractivity contribution in [2.75, 3.05) is 12.3 Å². The molecule has 132 valence electrons. The van der Waals surface area contributed by atoms with Gasteiger partial charge in [-0.3, -0.25) is 4.79 Å². The molecule has 0 saturated heterocycles. The molecule has 6 nitrogen and oxygen atoms in total. The summed E-state index contributed by atoms with van der Waals surface area (Å²) in [6.07, 6.45) is -1.61. The molecule has 0 aromatic carbocycles. The summed E-state index contributed by atoms with van der Waals surface area (Å²) in [4.78, 5) is 13.0. The van der Waals surface area contributed by atoms with Crippen molar-refractivity contribution in [2.24, 2.45) is 0 Å². The minimum absolute atomic E-state index is 0.0898. The van der Waals surface area contributed by atoms with Gasteiger partial charge in [0.15, 0.2) is 5.16 Å². The Morgan fingerprint density at radius 1 is 1.46 bits per heavy atom. The number of aromatic nitrogens is 3. The normalized spacial score (nSPS) is 11.9. The second kappa shape index (κ2) is 7.73. The first-order valence-corrected chi connectivity index (χ1v) is 8.14. The fourth-order valence-electron chi connectivity index (χ4n) is 1.95. The summed E-state index contributed by atoms with van der Waals surface area (Å²) in [5.41, 5.74) is 0. The number of hydrogen-bond acceptors (Lipinski definition) is 5. The second-order valence-electron chi connectivity index (χ2n) is 5.35. The van der Waals surface area contributed by atoms with Gasteiger partial charge in [-0.05, 0) is 26.0 Å². The standard InChI is InChI=1S/C14H17F3N4O2S/c1-10(2)21-9-18-19-13(21)24-7-12(22)20(8-14(15,16)17)6-11-4-3-5-23-11/h3-5,9-10H,6-8H2,1-2H3. The van der Waals surface area contributed by atoms with Crippen molar-refractivity contribution in [3.05, 3.63) is 30.5 Å². The first-order chi connectivity index (χ1) is 11.3. The highest BCUT2D eigenvalue weighted by Crippen LogP contribution is 2.22. The number of nitrogens with zero attached hydrogens (tertiary/aromatic N) is 4. The Morgan fingerprint density at radius 3 is 2.79 bits per heavy atom. The van der Waals surface area contributed by atoms with E-state index in [1.807, 2.05) is 13.8 Å². The molecule has 2 rings (SSSR count). The first kappa shape index (κ1) is 18.4. The van der Waals surface area contributed by atoms with Crippen LogP contribution in [0, 0.1) is 0 Å². The fraction of sp³-hybridized carbons (Fsp3) is 0.500. The van der Waals surface area contributed by atoms with Crippen LogP contribution in [-0.2, 0) is 11.3 Å². The van der Waals surface area contributed by atoms with E-state index in [2.05, 4.69) is 10.2 Å². The molecular formula is C14H17F3N4O2S. The minimum atomic E-state index is -4.48. The van der Waals surface area contributed by atoms with Gasteiger partial charge in [0, 0.05) is 6.04 Å². The van der Waals surface area contributed by atoms with E-state index in [0.717, 1.165) is 16.7 Å². The predicted molar refractivity (Wildman–Crippen MR) is 81.3 cm³/mol. The number of hydrogen-bond donors (Lipinski definition) is 0. The second-order valence-corrected chi connectivity index (χ2v) is 6.29. The molecule has 0 fully saturated rings. The van der Waals surface area contributed by atoms with Gasteiger partial charge in [-0.1, -0.05) is 11.8 Å². The molecule has 0 spiro atoms. The van der Waals surface area contributed by atoms with Gasteiger partial charge in [-0.15, -0.1) is 10.2 Å². The molecule has 1 amide bonds. The molecule has 24 heavy (non-hydrogen) atoms. The third kappa shape index (κ3) is 5.29. The van der Waals surface area contributed by atoms with Crippen LogP contribution in [0.25, 0.3) is 0 Å². The van der Waals surface area contributed by atoms with Gasteiger partial charge in [0.25, 0.3) is 0 Å². The van der Waals surface area contributed by atoms with Crippen LogP contribution < -0.4 is 0 Å². The summed E-state index contributed by atoms with van der Waals surface area (Å²) in [7, 11) is 0. The summed E-state index contributed by atoms with van der Waals surface area (Å²) in [6, 6.07) is 3.18. The van der Waals surface area contributed by atoms with E-state index in [9.17, 15) is 18.0 Å². The number of carbonyl (C=O) groups excluding carboxylic acids is 1. The number of furan rings is 1. The summed E-state index contributed by atoms with van der Waals surface area (Å²) in [5.74, 6) is -0.516. The van der Waals surface area contributed by atoms with E-state index in [1.54, 1.807) is 10.6 Å². The lowest BCUT2D eigenvalue weighted by Gasteiger charge is -2.23. The van der Waals surface area contributed by atoms with Crippen molar-refractivity contribution >= 4 is 17.7 Å². The Morgan fingerprint density at radius 2 is 2.21 bits per heavy atom. The molecule has 0 radical (unpaired) electrons. The van der Waals surface area contributed by atoms with Crippen LogP contribution in [0.2, 0.25) is 0 Å². The molecule has 0 unspecified atom stereocenters. The van der Waals surface area contributed by atoms with Crippen molar-refractivity contribution in [3.8, 4) is 0 Å². The average molecular weight is 362 g/mol. The molecule has 0 N–H and O–H groups in total. The summed E-state index contributed by atoms with van der Waals surface area (Å²) in [6.45, 7) is 2.27. The van der Waals surface area contributed by atoms with Gasteiger partial charge in [-0.25, -0.2) is 0 Å². The van der Waals surface area contributed by atoms with Gasteiger partial charge in [-0.2, -0.15) is 13.2 Å². The molecule has 10 heteroatoms. The summed E-state index contributed by atoms with van der Waals surface area (Å²) >= 11 is 1.06. The van der Waals surface area contributed by atoms with Crippen LogP contribution in [0.5, 0.6) is 0 Å². The van der Waals surface area contributed by atoms with Crippen LogP contribution in [0.4, 0.5) is 13.2 Å². The molecule has 0 saturated carbocycles. The fourth-order valence-corrected chi connectivity index (χ4v) is 2.89. The molecule has 0 bridgehead atoms. The molecule has 0 atom stereocenters. The highest BCUT2D eigenvalue weighted by molar-refractivity contribution is 7.99. The monoisotopic (exact) mass is 362 g/mol. The summed E-state index contributed by atoms with van der Waals surface area (Å²) in [5, 5.41) is 8.13. The van der Waals surface area contributed by atoms with Gasteiger partial charge in [0.1, 0.15) is 18.6 Å². The number of carbonyl (C=O) groups is 1. The quantitative estimate of drug-likeness (QED) is 0.708. The van der Waals surface area contributed by atoms with E-state index in [-0.39, 0.29) is 18.3 Å². The minimum Gasteiger partial charge on any atom is -0.467 e. The number of rotatable bonds is 7. The zero-order valence-corrected chi connectivity index (χ0v) is 14.0. The zero-order chi connectivity index (χ0) is 17.7. The molecular weight excluding hydrogens is 345 g/mol. The van der Waals surface area contributed by atoms with Crippen molar-refractivity contribution < 1.29 is 22.4 Å². The molecule has 0 aliphatic carbocycles. The predicted octanol–water partition coefficient (Wildman–Crippen LogP) is 3.14. The van der Waals surface area contributed by atoms with Crippen molar-refractivity contribution in [1.82, 2.24) is 19.7 Å². The Hall–Kier alpha value is -1.97. The Kier molecular flexibility index (Phi) is 5.92. The topological polar surface area (TPSA) is 64.2 Å². The van der Waals surface area contributed by atoms with Gasteiger partial charge in [0.2, 0.25) is 5.91 Å². The SMILES string of the molecule is CC(C)n1cnnc1SCC(=O)N(Cc1ccco1)CC(F)(F)F. The lowest BCUT2D eigenvalue weighted by molar-refractivity contribution is -0.161. The molecule has 2 aromatic rings. The van der Waals surface area contributed by atoms with Gasteiger partial charge >= 0.3 is 6.18 Å². The van der Waals surface area contributed by atoms with Gasteiger partial charge < -0.3 is 13.9 Å². The van der Waals surface area contributed by atoms with Crippen LogP contribution in [0.1, 0.15) is 25.6 Å². The maximum atomic E-state index is 12.7. The highest BCUT2D eigenvalue weighted by Gasteiger charge is 2.33. The molecule has 0 aliphatic rings. The van der Waals surface area contributed by atoms with Crippen molar-refractivity contribution in [2.45, 2.75) is 37.8 Å². The Balaban J connectivity index is 2.02. The zero-order valence-electron chi connectivity index (χ0n) is 13.2. The van der Waals surface area contributed by atoms with Crippen molar-refractivity contribution in [1.29, 1.82) is 0 Å². The van der Waals surface area contributed by atoms with Gasteiger partial charge in [0.05, 0.1) is 18.6 Å².